The second-order valence-electron chi connectivity index (χ2n) is 0. The standard InChI is InChI=1S/Fe.Ni.Ta.W. The van der Waals surface area contributed by atoms with Crippen molar-refractivity contribution in [3.63, 3.8) is 0 Å². The zero-order valence-electron chi connectivity index (χ0n) is 1.53. The smallest absolute Gasteiger partial charge is 0 e. The molecule has 0 aromatic heterocycles. The molecule has 0 rings (SSSR count). The van der Waals surface area contributed by atoms with Gasteiger partial charge in [-0.25, -0.2) is 0 Å². The van der Waals surface area contributed by atoms with E-state index in [0.29, 0.717) is 0 Å². The summed E-state index contributed by atoms with van der Waals surface area (Å²) >= 11 is 4.56. The molecule has 0 saturated carbocycles. The first-order chi connectivity index (χ1) is 1.00. The molecule has 0 amide bonds. The van der Waals surface area contributed by atoms with Crippen molar-refractivity contribution in [1.82, 2.24) is 0 Å². The van der Waals surface area contributed by atoms with Crippen LogP contribution in [0, 0.1) is 0 Å². The van der Waals surface area contributed by atoms with E-state index in [1.54, 1.807) is 0 Å². The van der Waals surface area contributed by atoms with Crippen molar-refractivity contribution in [2.24, 2.45) is 0 Å². The summed E-state index contributed by atoms with van der Waals surface area (Å²) in [7, 11) is 0. The van der Waals surface area contributed by atoms with E-state index in [1.807, 2.05) is 0 Å². The molecule has 0 bridgehead atoms. The van der Waals surface area contributed by atoms with Crippen molar-refractivity contribution in [2.75, 3.05) is 0 Å². The molecule has 0 unspecified atom stereocenters. The zero-order chi connectivity index (χ0) is 2.00. The maximum atomic E-state index is 3.36. The summed E-state index contributed by atoms with van der Waals surface area (Å²) in [6.45, 7) is 0. The van der Waals surface area contributed by atoms with Gasteiger partial charge in [0.1, 0.15) is 0 Å². The van der Waals surface area contributed by atoms with Crippen LogP contribution in [0.15, 0.2) is 0 Å². The van der Waals surface area contributed by atoms with Gasteiger partial charge in [-0.3, -0.25) is 0 Å². The van der Waals surface area contributed by atoms with Gasteiger partial charge in [-0.2, -0.15) is 0 Å². The molecule has 0 radical (unpaired) electrons. The van der Waals surface area contributed by atoms with E-state index in [2.05, 4.69) is 13.1 Å². The number of rotatable bonds is 0. The number of hydrogen-bond donors (Lipinski definition) is 0. The predicted octanol–water partition coefficient (Wildman–Crippen LogP) is -0.0100. The van der Waals surface area contributed by atoms with Gasteiger partial charge in [-0.1, -0.05) is 0 Å². The molecular weight excluding hydrogens is 479 g/mol. The molecule has 0 aliphatic rings. The van der Waals surface area contributed by atoms with Crippen LogP contribution in [0.25, 0.3) is 0 Å². The molecule has 4 heavy (non-hydrogen) atoms. The second kappa shape index (κ2) is 18.0. The number of hydrogen-bond acceptors (Lipinski definition) is 0. The molecule has 0 aliphatic heterocycles. The van der Waals surface area contributed by atoms with Crippen LogP contribution < -0.4 is 0 Å². The van der Waals surface area contributed by atoms with Gasteiger partial charge < -0.3 is 0 Å². The Morgan fingerprint density at radius 1 is 1.25 bits per heavy atom. The molecule has 0 saturated heterocycles. The van der Waals surface area contributed by atoms with Crippen molar-refractivity contribution in [3.05, 3.63) is 0 Å². The minimum Gasteiger partial charge on any atom is 0 e. The van der Waals surface area contributed by atoms with Crippen LogP contribution in [-0.4, -0.2) is 0 Å². The van der Waals surface area contributed by atoms with Gasteiger partial charge >= 0.3 is 32.0 Å². The van der Waals surface area contributed by atoms with E-state index < -0.39 is 0 Å². The minimum atomic E-state index is 0. The van der Waals surface area contributed by atoms with Gasteiger partial charge in [-0.15, -0.1) is 0 Å². The average Bonchev–Trinajstić information content (AvgIpc) is 1.00. The molecule has 0 atom stereocenters. The molecule has 0 aromatic rings. The van der Waals surface area contributed by atoms with E-state index in [4.69, 9.17) is 0 Å². The average molecular weight is 479 g/mol. The maximum absolute atomic E-state index is 3.36. The Bertz CT molecular complexity index is 8.00. The van der Waals surface area contributed by atoms with Gasteiger partial charge in [0.15, 0.2) is 0 Å². The summed E-state index contributed by atoms with van der Waals surface area (Å²) in [5.74, 6) is 0. The molecule has 29 valence electrons. The van der Waals surface area contributed by atoms with Gasteiger partial charge in [-0.05, 0) is 0 Å². The fraction of sp³-hybridized carbons (Fsp3) is 0. The van der Waals surface area contributed by atoms with Crippen molar-refractivity contribution in [3.8, 4) is 0 Å². The van der Waals surface area contributed by atoms with Crippen molar-refractivity contribution in [2.45, 2.75) is 0 Å². The Balaban J connectivity index is -0.00000000500. The van der Waals surface area contributed by atoms with Gasteiger partial charge in [0.05, 0.1) is 0 Å². The summed E-state index contributed by atoms with van der Waals surface area (Å²) in [5, 5.41) is 0. The molecule has 0 nitrogen and oxygen atoms in total. The van der Waals surface area contributed by atoms with Gasteiger partial charge in [0.2, 0.25) is 0 Å². The molecule has 0 aromatic carbocycles. The first kappa shape index (κ1) is 16.1. The third-order valence-corrected chi connectivity index (χ3v) is 0. The third kappa shape index (κ3) is 8.82. The fourth-order valence-electron chi connectivity index (χ4n) is 0. The molecule has 0 fully saturated rings. The molecular formula is FeNiTaW. The zero-order valence-corrected chi connectivity index (χ0v) is 9.76. The van der Waals surface area contributed by atoms with Crippen LogP contribution >= 0.6 is 0 Å². The Labute approximate surface area is 68.6 Å². The maximum Gasteiger partial charge on any atom is 0 e. The van der Waals surface area contributed by atoms with Gasteiger partial charge in [0, 0.05) is 37.6 Å². The van der Waals surface area contributed by atoms with Crippen LogP contribution in [0.4, 0.5) is 0 Å². The Kier molecular flexibility index (Phi) is 72.5. The summed E-state index contributed by atoms with van der Waals surface area (Å²) in [5.41, 5.74) is 0. The summed E-state index contributed by atoms with van der Waals surface area (Å²) in [4.78, 5) is 0. The monoisotopic (exact) mass is 479 g/mol. The van der Waals surface area contributed by atoms with Crippen LogP contribution in [0.1, 0.15) is 0 Å². The quantitative estimate of drug-likeness (QED) is 0.429. The first-order valence-corrected chi connectivity index (χ1v) is 5.34. The molecule has 4 heteroatoms. The molecule has 0 aliphatic carbocycles. The van der Waals surface area contributed by atoms with E-state index in [0.717, 1.165) is 0 Å². The predicted molar refractivity (Wildman–Crippen MR) is 0 cm³/mol. The van der Waals surface area contributed by atoms with E-state index >= 15 is 0 Å². The van der Waals surface area contributed by atoms with E-state index in [9.17, 15) is 0 Å². The van der Waals surface area contributed by atoms with Crippen LogP contribution in [0.2, 0.25) is 0 Å². The Hall–Kier alpha value is 2.44. The normalized spacial score (nSPS) is 1.25. The van der Waals surface area contributed by atoms with Gasteiger partial charge in [0.25, 0.3) is 0 Å². The van der Waals surface area contributed by atoms with Crippen LogP contribution in [0.3, 0.4) is 0 Å². The summed E-state index contributed by atoms with van der Waals surface area (Å²) in [6, 6.07) is 0. The molecule has 0 heterocycles. The third-order valence-electron chi connectivity index (χ3n) is 0. The summed E-state index contributed by atoms with van der Waals surface area (Å²) in [6.07, 6.45) is 0. The minimum absolute atomic E-state index is 0. The summed E-state index contributed by atoms with van der Waals surface area (Å²) < 4.78 is 0. The molecule has 0 N–H and O–H groups in total. The van der Waals surface area contributed by atoms with Crippen molar-refractivity contribution < 1.29 is 69.6 Å². The molecule has 0 spiro atoms. The first-order valence-electron chi connectivity index (χ1n) is 0.158. The second-order valence-corrected chi connectivity index (χ2v) is 0. The SMILES string of the molecule is [Fe][Ta].[Ni].[W]. The topological polar surface area (TPSA) is 0 Å². The van der Waals surface area contributed by atoms with Crippen LogP contribution in [0.5, 0.6) is 0 Å². The van der Waals surface area contributed by atoms with Crippen LogP contribution in [-0.2, 0) is 69.6 Å². The van der Waals surface area contributed by atoms with E-state index in [-0.39, 0.29) is 37.6 Å². The van der Waals surface area contributed by atoms with Crippen molar-refractivity contribution >= 4 is 0 Å². The largest absolute Gasteiger partial charge is 0 e. The Morgan fingerprint density at radius 3 is 1.25 bits per heavy atom. The fourth-order valence-corrected chi connectivity index (χ4v) is 0. The Morgan fingerprint density at radius 2 is 1.25 bits per heavy atom. The van der Waals surface area contributed by atoms with E-state index in [1.165, 1.54) is 18.9 Å². The van der Waals surface area contributed by atoms with Crippen molar-refractivity contribution in [1.29, 1.82) is 0 Å².